The standard InChI is InChI=1S/C20H20NO3P/c22-25(23,17-19-12-6-2-7-13-19)24-21(20-14-8-3-9-15-20)16-18-10-4-1-5-11-18/h1-15H,16-17H2,(H,22,23). The van der Waals surface area contributed by atoms with E-state index in [2.05, 4.69) is 0 Å². The van der Waals surface area contributed by atoms with Gasteiger partial charge in [0.2, 0.25) is 0 Å². The number of benzene rings is 3. The van der Waals surface area contributed by atoms with Crippen LogP contribution in [0.25, 0.3) is 0 Å². The SMILES string of the molecule is O=P(O)(Cc1ccccc1)ON(Cc1ccccc1)c1ccccc1. The molecule has 0 aliphatic carbocycles. The molecule has 0 saturated heterocycles. The molecule has 0 aliphatic rings. The lowest BCUT2D eigenvalue weighted by Gasteiger charge is -2.26. The zero-order chi connectivity index (χ0) is 17.5. The number of hydroxylamine groups is 1. The van der Waals surface area contributed by atoms with E-state index in [0.29, 0.717) is 6.54 Å². The molecule has 0 saturated carbocycles. The Labute approximate surface area is 147 Å². The molecule has 4 nitrogen and oxygen atoms in total. The minimum absolute atomic E-state index is 0.0358. The lowest BCUT2D eigenvalue weighted by atomic mass is 10.2. The summed E-state index contributed by atoms with van der Waals surface area (Å²) in [6.07, 6.45) is -0.0358. The third-order valence-electron chi connectivity index (χ3n) is 3.66. The smallest absolute Gasteiger partial charge is 0.323 e. The lowest BCUT2D eigenvalue weighted by molar-refractivity contribution is 0.229. The highest BCUT2D eigenvalue weighted by atomic mass is 31.2. The number of hydrogen-bond acceptors (Lipinski definition) is 3. The van der Waals surface area contributed by atoms with Crippen LogP contribution in [0.5, 0.6) is 0 Å². The first-order valence-electron chi connectivity index (χ1n) is 8.04. The second kappa shape index (κ2) is 8.13. The largest absolute Gasteiger partial charge is 0.353 e. The van der Waals surface area contributed by atoms with Crippen molar-refractivity contribution in [2.24, 2.45) is 0 Å². The molecule has 1 atom stereocenters. The highest BCUT2D eigenvalue weighted by molar-refractivity contribution is 7.52. The Kier molecular flexibility index (Phi) is 5.67. The van der Waals surface area contributed by atoms with Crippen LogP contribution < -0.4 is 5.06 Å². The van der Waals surface area contributed by atoms with Crippen LogP contribution in [0.3, 0.4) is 0 Å². The van der Waals surface area contributed by atoms with Crippen molar-refractivity contribution < 1.29 is 14.1 Å². The summed E-state index contributed by atoms with van der Waals surface area (Å²) in [7, 11) is -3.85. The fourth-order valence-corrected chi connectivity index (χ4v) is 3.70. The van der Waals surface area contributed by atoms with Crippen molar-refractivity contribution in [3.05, 3.63) is 102 Å². The van der Waals surface area contributed by atoms with Gasteiger partial charge in [0.25, 0.3) is 0 Å². The predicted octanol–water partition coefficient (Wildman–Crippen LogP) is 5.01. The molecule has 3 aromatic carbocycles. The molecule has 0 amide bonds. The Morgan fingerprint density at radius 3 is 1.80 bits per heavy atom. The quantitative estimate of drug-likeness (QED) is 0.479. The molecule has 0 aliphatic heterocycles. The lowest BCUT2D eigenvalue weighted by Crippen LogP contribution is -2.22. The average Bonchev–Trinajstić information content (AvgIpc) is 2.63. The maximum atomic E-state index is 12.6. The molecule has 0 aromatic heterocycles. The van der Waals surface area contributed by atoms with Gasteiger partial charge in [-0.05, 0) is 23.3 Å². The molecule has 1 N–H and O–H groups in total. The summed E-state index contributed by atoms with van der Waals surface area (Å²) in [5.74, 6) is 0. The molecule has 0 bridgehead atoms. The first kappa shape index (κ1) is 17.4. The Hall–Kier alpha value is -2.39. The van der Waals surface area contributed by atoms with Crippen LogP contribution in [0, 0.1) is 0 Å². The van der Waals surface area contributed by atoms with Crippen molar-refractivity contribution in [1.82, 2.24) is 0 Å². The van der Waals surface area contributed by atoms with Crippen LogP contribution in [0.1, 0.15) is 11.1 Å². The first-order chi connectivity index (χ1) is 12.1. The molecule has 128 valence electrons. The van der Waals surface area contributed by atoms with Crippen molar-refractivity contribution in [2.75, 3.05) is 5.06 Å². The number of rotatable bonds is 7. The number of hydrogen-bond donors (Lipinski definition) is 1. The van der Waals surface area contributed by atoms with Gasteiger partial charge in [0.1, 0.15) is 0 Å². The van der Waals surface area contributed by atoms with Gasteiger partial charge in [-0.3, -0.25) is 4.57 Å². The molecule has 0 fully saturated rings. The molecule has 3 aromatic rings. The highest BCUT2D eigenvalue weighted by Crippen LogP contribution is 2.47. The van der Waals surface area contributed by atoms with Crippen molar-refractivity contribution in [3.63, 3.8) is 0 Å². The third-order valence-corrected chi connectivity index (χ3v) is 4.88. The summed E-state index contributed by atoms with van der Waals surface area (Å²) in [5, 5.41) is 1.49. The summed E-state index contributed by atoms with van der Waals surface area (Å²) < 4.78 is 18.2. The monoisotopic (exact) mass is 353 g/mol. The third kappa shape index (κ3) is 5.30. The Morgan fingerprint density at radius 2 is 1.24 bits per heavy atom. The molecule has 0 spiro atoms. The van der Waals surface area contributed by atoms with Gasteiger partial charge in [-0.1, -0.05) is 78.9 Å². The normalized spacial score (nSPS) is 13.2. The van der Waals surface area contributed by atoms with Crippen molar-refractivity contribution in [1.29, 1.82) is 0 Å². The molecule has 1 unspecified atom stereocenters. The number of anilines is 1. The number of nitrogens with zero attached hydrogens (tertiary/aromatic N) is 1. The van der Waals surface area contributed by atoms with Crippen molar-refractivity contribution in [2.45, 2.75) is 12.7 Å². The van der Waals surface area contributed by atoms with E-state index in [1.54, 1.807) is 0 Å². The van der Waals surface area contributed by atoms with Gasteiger partial charge in [-0.25, -0.2) is 5.06 Å². The van der Waals surface area contributed by atoms with Gasteiger partial charge in [0, 0.05) is 0 Å². The van der Waals surface area contributed by atoms with Crippen molar-refractivity contribution in [3.8, 4) is 0 Å². The minimum Gasteiger partial charge on any atom is -0.323 e. The van der Waals surface area contributed by atoms with E-state index in [1.807, 2.05) is 91.0 Å². The maximum absolute atomic E-state index is 12.6. The van der Waals surface area contributed by atoms with E-state index in [4.69, 9.17) is 4.62 Å². The van der Waals surface area contributed by atoms with E-state index >= 15 is 0 Å². The van der Waals surface area contributed by atoms with Gasteiger partial charge in [0.05, 0.1) is 18.4 Å². The Bertz CT molecular complexity index is 825. The molecular formula is C20H20NO3P. The summed E-state index contributed by atoms with van der Waals surface area (Å²) in [5.41, 5.74) is 2.49. The molecule has 3 rings (SSSR count). The maximum Gasteiger partial charge on any atom is 0.353 e. The second-order valence-corrected chi connectivity index (χ2v) is 7.48. The van der Waals surface area contributed by atoms with E-state index < -0.39 is 7.60 Å². The second-order valence-electron chi connectivity index (χ2n) is 5.72. The molecule has 0 radical (unpaired) electrons. The van der Waals surface area contributed by atoms with Crippen LogP contribution in [0.2, 0.25) is 0 Å². The molecular weight excluding hydrogens is 333 g/mol. The minimum atomic E-state index is -3.85. The van der Waals surface area contributed by atoms with Gasteiger partial charge < -0.3 is 4.89 Å². The van der Waals surface area contributed by atoms with E-state index in [-0.39, 0.29) is 6.16 Å². The predicted molar refractivity (Wildman–Crippen MR) is 100 cm³/mol. The summed E-state index contributed by atoms with van der Waals surface area (Å²) in [6, 6.07) is 28.2. The van der Waals surface area contributed by atoms with Crippen LogP contribution in [0.15, 0.2) is 91.0 Å². The van der Waals surface area contributed by atoms with Crippen molar-refractivity contribution >= 4 is 13.3 Å². The van der Waals surface area contributed by atoms with Gasteiger partial charge in [-0.15, -0.1) is 0 Å². The van der Waals surface area contributed by atoms with Crippen LogP contribution >= 0.6 is 7.60 Å². The van der Waals surface area contributed by atoms with Crippen LogP contribution in [-0.2, 0) is 21.9 Å². The molecule has 5 heteroatoms. The highest BCUT2D eigenvalue weighted by Gasteiger charge is 2.25. The molecule has 0 heterocycles. The molecule has 25 heavy (non-hydrogen) atoms. The summed E-state index contributed by atoms with van der Waals surface area (Å²) in [4.78, 5) is 10.4. The zero-order valence-electron chi connectivity index (χ0n) is 13.7. The van der Waals surface area contributed by atoms with E-state index in [1.165, 1.54) is 5.06 Å². The topological polar surface area (TPSA) is 49.8 Å². The van der Waals surface area contributed by atoms with E-state index in [0.717, 1.165) is 16.8 Å². The number of para-hydroxylation sites is 1. The fourth-order valence-electron chi connectivity index (χ4n) is 2.51. The van der Waals surface area contributed by atoms with Crippen LogP contribution in [0.4, 0.5) is 5.69 Å². The van der Waals surface area contributed by atoms with Gasteiger partial charge in [0.15, 0.2) is 0 Å². The average molecular weight is 353 g/mol. The van der Waals surface area contributed by atoms with E-state index in [9.17, 15) is 9.46 Å². The first-order valence-corrected chi connectivity index (χ1v) is 9.81. The van der Waals surface area contributed by atoms with Gasteiger partial charge >= 0.3 is 7.60 Å². The Morgan fingerprint density at radius 1 is 0.760 bits per heavy atom. The zero-order valence-corrected chi connectivity index (χ0v) is 14.6. The fraction of sp³-hybridized carbons (Fsp3) is 0.100. The Balaban J connectivity index is 1.80. The summed E-state index contributed by atoms with van der Waals surface area (Å²) >= 11 is 0. The van der Waals surface area contributed by atoms with Crippen LogP contribution in [-0.4, -0.2) is 4.89 Å². The summed E-state index contributed by atoms with van der Waals surface area (Å²) in [6.45, 7) is 0.379. The van der Waals surface area contributed by atoms with Gasteiger partial charge in [-0.2, -0.15) is 4.62 Å².